The Kier molecular flexibility index (Phi) is 5.61. The molecule has 3 aromatic rings. The largest absolute Gasteiger partial charge is 0.452 e. The summed E-state index contributed by atoms with van der Waals surface area (Å²) in [6, 6.07) is 17.7. The first-order valence-corrected chi connectivity index (χ1v) is 10.1. The zero-order chi connectivity index (χ0) is 21.1. The number of esters is 1. The molecule has 0 saturated carbocycles. The van der Waals surface area contributed by atoms with Crippen molar-refractivity contribution in [3.05, 3.63) is 77.0 Å². The number of benzene rings is 2. The van der Waals surface area contributed by atoms with E-state index >= 15 is 0 Å². The van der Waals surface area contributed by atoms with Crippen LogP contribution in [0.2, 0.25) is 0 Å². The van der Waals surface area contributed by atoms with Crippen LogP contribution in [0.5, 0.6) is 0 Å². The number of hydrogen-bond donors (Lipinski definition) is 0. The average Bonchev–Trinajstić information content (AvgIpc) is 2.76. The number of likely N-dealkylation sites (N-methyl/N-ethyl adjacent to an activating group) is 1. The van der Waals surface area contributed by atoms with Gasteiger partial charge in [0.2, 0.25) is 0 Å². The molecule has 0 radical (unpaired) electrons. The van der Waals surface area contributed by atoms with Gasteiger partial charge in [-0.25, -0.2) is 9.78 Å². The van der Waals surface area contributed by atoms with Gasteiger partial charge in [0.15, 0.2) is 6.61 Å². The lowest BCUT2D eigenvalue weighted by atomic mass is 9.86. The van der Waals surface area contributed by atoms with E-state index in [9.17, 15) is 9.59 Å². The van der Waals surface area contributed by atoms with E-state index in [2.05, 4.69) is 18.2 Å². The number of pyridine rings is 1. The number of ether oxygens (including phenoxy) is 1. The molecule has 0 fully saturated rings. The second kappa shape index (κ2) is 8.49. The fourth-order valence-corrected chi connectivity index (χ4v) is 3.79. The molecule has 0 saturated heterocycles. The number of amides is 1. The molecule has 0 aliphatic heterocycles. The maximum absolute atomic E-state index is 13.1. The van der Waals surface area contributed by atoms with Crippen LogP contribution in [-0.2, 0) is 16.0 Å². The molecule has 0 N–H and O–H groups in total. The van der Waals surface area contributed by atoms with Crippen molar-refractivity contribution in [2.75, 3.05) is 20.7 Å². The van der Waals surface area contributed by atoms with Gasteiger partial charge in [-0.2, -0.15) is 0 Å². The molecule has 1 aliphatic carbocycles. The van der Waals surface area contributed by atoms with Crippen molar-refractivity contribution in [2.45, 2.75) is 19.3 Å². The first-order chi connectivity index (χ1) is 14.5. The molecule has 0 spiro atoms. The van der Waals surface area contributed by atoms with Crippen LogP contribution < -0.4 is 0 Å². The molecule has 30 heavy (non-hydrogen) atoms. The second-order valence-corrected chi connectivity index (χ2v) is 7.63. The third-order valence-electron chi connectivity index (χ3n) is 5.34. The van der Waals surface area contributed by atoms with Crippen molar-refractivity contribution in [1.29, 1.82) is 0 Å². The Morgan fingerprint density at radius 1 is 1.03 bits per heavy atom. The van der Waals surface area contributed by atoms with Crippen molar-refractivity contribution in [3.8, 4) is 0 Å². The molecule has 0 unspecified atom stereocenters. The number of para-hydroxylation sites is 1. The smallest absolute Gasteiger partial charge is 0.339 e. The number of nitrogens with zero attached hydrogens (tertiary/aromatic N) is 2. The van der Waals surface area contributed by atoms with Crippen LogP contribution in [0, 0.1) is 0 Å². The summed E-state index contributed by atoms with van der Waals surface area (Å²) in [5.74, 6) is -0.721. The summed E-state index contributed by atoms with van der Waals surface area (Å²) in [4.78, 5) is 31.3. The van der Waals surface area contributed by atoms with Gasteiger partial charge < -0.3 is 9.64 Å². The molecule has 5 heteroatoms. The normalized spacial score (nSPS) is 14.4. The molecule has 1 aromatic heterocycles. The quantitative estimate of drug-likeness (QED) is 0.611. The Morgan fingerprint density at radius 3 is 2.53 bits per heavy atom. The molecule has 4 rings (SSSR count). The van der Waals surface area contributed by atoms with E-state index in [0.717, 1.165) is 52.6 Å². The molecule has 1 amide bonds. The van der Waals surface area contributed by atoms with Crippen molar-refractivity contribution < 1.29 is 14.3 Å². The van der Waals surface area contributed by atoms with Gasteiger partial charge in [0.1, 0.15) is 0 Å². The van der Waals surface area contributed by atoms with Gasteiger partial charge in [-0.05, 0) is 48.1 Å². The van der Waals surface area contributed by atoms with Gasteiger partial charge in [0.25, 0.3) is 5.91 Å². The Bertz CT molecular complexity index is 1130. The van der Waals surface area contributed by atoms with Crippen molar-refractivity contribution >= 4 is 34.4 Å². The standard InChI is InChI=1S/C25H24N2O3/c1-27(2)22(28)16-30-25(29)23-19-12-6-7-14-21(19)26-24-18(11-8-13-20(23)24)15-17-9-4-3-5-10-17/h3-7,9-10,12,14-15H,8,11,13,16H2,1-2H3/b18-15-. The SMILES string of the molecule is CN(C)C(=O)COC(=O)c1c2c(nc3ccccc13)/C(=C\c1ccccc1)CCC2. The summed E-state index contributed by atoms with van der Waals surface area (Å²) < 4.78 is 5.40. The monoisotopic (exact) mass is 400 g/mol. The molecular weight excluding hydrogens is 376 g/mol. The third kappa shape index (κ3) is 3.96. The maximum atomic E-state index is 13.1. The van der Waals surface area contributed by atoms with Crippen LogP contribution in [0.25, 0.3) is 22.6 Å². The minimum Gasteiger partial charge on any atom is -0.452 e. The van der Waals surface area contributed by atoms with Crippen LogP contribution in [0.1, 0.15) is 40.0 Å². The van der Waals surface area contributed by atoms with Crippen LogP contribution >= 0.6 is 0 Å². The number of hydrogen-bond acceptors (Lipinski definition) is 4. The van der Waals surface area contributed by atoms with Crippen molar-refractivity contribution in [3.63, 3.8) is 0 Å². The van der Waals surface area contributed by atoms with E-state index in [1.165, 1.54) is 4.90 Å². The molecule has 0 bridgehead atoms. The Labute approximate surface area is 176 Å². The lowest BCUT2D eigenvalue weighted by Gasteiger charge is -2.22. The molecule has 1 aliphatic rings. The van der Waals surface area contributed by atoms with Gasteiger partial charge in [0.05, 0.1) is 16.8 Å². The highest BCUT2D eigenvalue weighted by molar-refractivity contribution is 6.07. The molecular formula is C25H24N2O3. The van der Waals surface area contributed by atoms with E-state index in [-0.39, 0.29) is 12.5 Å². The highest BCUT2D eigenvalue weighted by Crippen LogP contribution is 2.36. The van der Waals surface area contributed by atoms with Gasteiger partial charge >= 0.3 is 5.97 Å². The van der Waals surface area contributed by atoms with Crippen molar-refractivity contribution in [1.82, 2.24) is 9.88 Å². The Balaban J connectivity index is 1.81. The lowest BCUT2D eigenvalue weighted by molar-refractivity contribution is -0.131. The van der Waals surface area contributed by atoms with Crippen LogP contribution in [-0.4, -0.2) is 42.5 Å². The summed E-state index contributed by atoms with van der Waals surface area (Å²) in [5, 5.41) is 0.763. The number of fused-ring (bicyclic) bond motifs is 2. The Morgan fingerprint density at radius 2 is 1.77 bits per heavy atom. The van der Waals surface area contributed by atoms with E-state index in [0.29, 0.717) is 5.56 Å². The van der Waals surface area contributed by atoms with Gasteiger partial charge in [0, 0.05) is 19.5 Å². The first kappa shape index (κ1) is 19.8. The van der Waals surface area contributed by atoms with Crippen LogP contribution in [0.15, 0.2) is 54.6 Å². The summed E-state index contributed by atoms with van der Waals surface area (Å²) in [5.41, 5.74) is 5.27. The first-order valence-electron chi connectivity index (χ1n) is 10.1. The number of carbonyl (C=O) groups excluding carboxylic acids is 2. The topological polar surface area (TPSA) is 59.5 Å². The predicted octanol–water partition coefficient (Wildman–Crippen LogP) is 4.36. The second-order valence-electron chi connectivity index (χ2n) is 7.63. The summed E-state index contributed by atoms with van der Waals surface area (Å²) >= 11 is 0. The van der Waals surface area contributed by atoms with E-state index in [1.807, 2.05) is 42.5 Å². The third-order valence-corrected chi connectivity index (χ3v) is 5.34. The van der Waals surface area contributed by atoms with Crippen LogP contribution in [0.3, 0.4) is 0 Å². The van der Waals surface area contributed by atoms with E-state index in [1.54, 1.807) is 14.1 Å². The summed E-state index contributed by atoms with van der Waals surface area (Å²) in [6.07, 6.45) is 4.74. The number of carbonyl (C=O) groups is 2. The minimum atomic E-state index is -0.471. The molecule has 2 aromatic carbocycles. The highest BCUT2D eigenvalue weighted by atomic mass is 16.5. The van der Waals surface area contributed by atoms with Crippen molar-refractivity contribution in [2.24, 2.45) is 0 Å². The predicted molar refractivity (Wildman–Crippen MR) is 118 cm³/mol. The van der Waals surface area contributed by atoms with Gasteiger partial charge in [-0.1, -0.05) is 48.5 Å². The summed E-state index contributed by atoms with van der Waals surface area (Å²) in [6.45, 7) is -0.274. The molecule has 5 nitrogen and oxygen atoms in total. The van der Waals surface area contributed by atoms with Gasteiger partial charge in [-0.15, -0.1) is 0 Å². The number of allylic oxidation sites excluding steroid dienone is 1. The maximum Gasteiger partial charge on any atom is 0.339 e. The fourth-order valence-electron chi connectivity index (χ4n) is 3.79. The van der Waals surface area contributed by atoms with E-state index < -0.39 is 5.97 Å². The zero-order valence-corrected chi connectivity index (χ0v) is 17.2. The van der Waals surface area contributed by atoms with Crippen LogP contribution in [0.4, 0.5) is 0 Å². The lowest BCUT2D eigenvalue weighted by Crippen LogP contribution is -2.28. The highest BCUT2D eigenvalue weighted by Gasteiger charge is 2.26. The Hall–Kier alpha value is -3.47. The van der Waals surface area contributed by atoms with E-state index in [4.69, 9.17) is 9.72 Å². The number of aromatic nitrogens is 1. The fraction of sp³-hybridized carbons (Fsp3) is 0.240. The zero-order valence-electron chi connectivity index (χ0n) is 17.2. The molecule has 152 valence electrons. The number of rotatable bonds is 4. The average molecular weight is 400 g/mol. The molecule has 0 atom stereocenters. The minimum absolute atomic E-state index is 0.250. The van der Waals surface area contributed by atoms with Gasteiger partial charge in [-0.3, -0.25) is 4.79 Å². The summed E-state index contributed by atoms with van der Waals surface area (Å²) in [7, 11) is 3.28. The molecule has 1 heterocycles.